The molecule has 0 radical (unpaired) electrons. The van der Waals surface area contributed by atoms with E-state index < -0.39 is 100 Å². The van der Waals surface area contributed by atoms with Gasteiger partial charge in [-0.25, -0.2) is 9.59 Å². The highest BCUT2D eigenvalue weighted by Crippen LogP contribution is 2.73. The second-order valence-corrected chi connectivity index (χ2v) is 11.8. The number of ketones is 1. The summed E-state index contributed by atoms with van der Waals surface area (Å²) in [5.41, 5.74) is -8.95. The molecule has 37 heavy (non-hydrogen) atoms. The molecule has 2 aliphatic heterocycles. The lowest BCUT2D eigenvalue weighted by Crippen LogP contribution is -2.88. The van der Waals surface area contributed by atoms with Crippen LogP contribution in [-0.2, 0) is 33.4 Å². The molecule has 5 N–H and O–H groups in total. The fourth-order valence-electron chi connectivity index (χ4n) is 8.23. The molecule has 11 unspecified atom stereocenters. The van der Waals surface area contributed by atoms with E-state index in [1.165, 1.54) is 6.08 Å². The average molecular weight is 525 g/mol. The predicted molar refractivity (Wildman–Crippen MR) is 120 cm³/mol. The molecule has 3 aliphatic carbocycles. The van der Waals surface area contributed by atoms with Crippen molar-refractivity contribution in [2.24, 2.45) is 34.5 Å². The maximum atomic E-state index is 13.3. The van der Waals surface area contributed by atoms with Crippen LogP contribution in [0.25, 0.3) is 0 Å². The first-order chi connectivity index (χ1) is 17.1. The van der Waals surface area contributed by atoms with Crippen molar-refractivity contribution in [1.29, 1.82) is 0 Å². The van der Waals surface area contributed by atoms with Gasteiger partial charge >= 0.3 is 17.9 Å². The van der Waals surface area contributed by atoms with Gasteiger partial charge < -0.3 is 39.7 Å². The molecule has 11 atom stereocenters. The molecule has 12 heteroatoms. The highest BCUT2D eigenvalue weighted by molar-refractivity contribution is 5.96. The number of carboxylic acid groups (broad SMARTS) is 1. The minimum Gasteiger partial charge on any atom is -0.505 e. The third-order valence-electron chi connectivity index (χ3n) is 9.67. The molecule has 5 aliphatic rings. The number of allylic oxidation sites excluding steroid dienone is 2. The molecule has 1 spiro atoms. The Balaban J connectivity index is 1.77. The number of aliphatic hydroxyl groups excluding tert-OH is 3. The Morgan fingerprint density at radius 2 is 1.89 bits per heavy atom. The van der Waals surface area contributed by atoms with Gasteiger partial charge in [0.1, 0.15) is 12.2 Å². The van der Waals surface area contributed by atoms with Gasteiger partial charge in [0.15, 0.2) is 17.1 Å². The van der Waals surface area contributed by atoms with Crippen molar-refractivity contribution >= 4 is 23.7 Å². The SMILES string of the molecule is CC(C)CC(=O)OC1C(=O)OC2CC3C(C)C(=O)C(O)=CC3(C)C3C(O)C(O)C4(C(=O)O)OCC23C14O. The summed E-state index contributed by atoms with van der Waals surface area (Å²) >= 11 is 0. The Bertz CT molecular complexity index is 1110. The number of aliphatic carboxylic acids is 1. The van der Waals surface area contributed by atoms with E-state index in [0.717, 1.165) is 0 Å². The standard InChI is InChI=1S/C25H32O12/c1-9(2)5-14(27)37-19-20(31)36-13-6-11-10(3)15(28)12(26)7-22(11,4)17-16(29)18(30)24(21(32)33)25(19,34)23(13,17)8-35-24/h7,9-11,13,16-19,26,29-30,34H,5-6,8H2,1-4H3,(H,32,33). The monoisotopic (exact) mass is 524 g/mol. The lowest BCUT2D eigenvalue weighted by molar-refractivity contribution is -0.344. The van der Waals surface area contributed by atoms with Crippen LogP contribution in [0.2, 0.25) is 0 Å². The number of hydrogen-bond acceptors (Lipinski definition) is 11. The van der Waals surface area contributed by atoms with E-state index in [1.807, 2.05) is 0 Å². The highest BCUT2D eigenvalue weighted by Gasteiger charge is 2.92. The number of carbonyl (C=O) groups is 4. The van der Waals surface area contributed by atoms with Crippen LogP contribution in [-0.4, -0.2) is 91.4 Å². The van der Waals surface area contributed by atoms with Crippen LogP contribution in [0.3, 0.4) is 0 Å². The third-order valence-corrected chi connectivity index (χ3v) is 9.67. The van der Waals surface area contributed by atoms with E-state index in [0.29, 0.717) is 0 Å². The van der Waals surface area contributed by atoms with Crippen molar-refractivity contribution in [3.8, 4) is 0 Å². The van der Waals surface area contributed by atoms with Gasteiger partial charge in [0.05, 0.1) is 18.1 Å². The highest BCUT2D eigenvalue weighted by atomic mass is 16.6. The Kier molecular flexibility index (Phi) is 5.46. The summed E-state index contributed by atoms with van der Waals surface area (Å²) in [4.78, 5) is 51.4. The van der Waals surface area contributed by atoms with Gasteiger partial charge in [-0.1, -0.05) is 27.7 Å². The molecular weight excluding hydrogens is 492 g/mol. The molecule has 0 aromatic rings. The number of Topliss-reactive ketones (excluding diaryl/α,β-unsaturated/α-hetero) is 1. The van der Waals surface area contributed by atoms with Crippen molar-refractivity contribution in [1.82, 2.24) is 0 Å². The smallest absolute Gasteiger partial charge is 0.351 e. The first-order valence-corrected chi connectivity index (χ1v) is 12.4. The van der Waals surface area contributed by atoms with Crippen molar-refractivity contribution in [3.63, 3.8) is 0 Å². The largest absolute Gasteiger partial charge is 0.505 e. The summed E-state index contributed by atoms with van der Waals surface area (Å²) in [7, 11) is 0. The molecule has 2 heterocycles. The fourth-order valence-corrected chi connectivity index (χ4v) is 8.23. The van der Waals surface area contributed by atoms with E-state index in [9.17, 15) is 44.7 Å². The normalized spacial score (nSPS) is 50.1. The number of aliphatic hydroxyl groups is 4. The summed E-state index contributed by atoms with van der Waals surface area (Å²) in [6.45, 7) is 6.09. The summed E-state index contributed by atoms with van der Waals surface area (Å²) in [6, 6.07) is 0. The van der Waals surface area contributed by atoms with E-state index in [1.54, 1.807) is 27.7 Å². The Morgan fingerprint density at radius 1 is 1.24 bits per heavy atom. The zero-order chi connectivity index (χ0) is 27.5. The Morgan fingerprint density at radius 3 is 2.49 bits per heavy atom. The van der Waals surface area contributed by atoms with Gasteiger partial charge in [0, 0.05) is 18.3 Å². The average Bonchev–Trinajstić information content (AvgIpc) is 3.00. The summed E-state index contributed by atoms with van der Waals surface area (Å²) in [6.07, 6.45) is -6.48. The second kappa shape index (κ2) is 7.75. The molecule has 204 valence electrons. The van der Waals surface area contributed by atoms with Crippen LogP contribution < -0.4 is 0 Å². The van der Waals surface area contributed by atoms with Crippen LogP contribution >= 0.6 is 0 Å². The van der Waals surface area contributed by atoms with E-state index >= 15 is 0 Å². The Labute approximate surface area is 212 Å². The van der Waals surface area contributed by atoms with Crippen molar-refractivity contribution in [2.75, 3.05) is 6.61 Å². The Hall–Kier alpha value is -2.54. The third kappa shape index (κ3) is 2.76. The van der Waals surface area contributed by atoms with Gasteiger partial charge in [-0.3, -0.25) is 9.59 Å². The second-order valence-electron chi connectivity index (χ2n) is 11.8. The van der Waals surface area contributed by atoms with E-state index in [4.69, 9.17) is 14.2 Å². The number of hydrogen-bond donors (Lipinski definition) is 5. The van der Waals surface area contributed by atoms with Gasteiger partial charge in [-0.15, -0.1) is 0 Å². The zero-order valence-electron chi connectivity index (χ0n) is 20.9. The molecule has 0 aromatic carbocycles. The van der Waals surface area contributed by atoms with Crippen LogP contribution in [0, 0.1) is 34.5 Å². The van der Waals surface area contributed by atoms with Crippen LogP contribution in [0.1, 0.15) is 40.5 Å². The molecular formula is C25H32O12. The molecule has 0 aromatic heterocycles. The predicted octanol–water partition coefficient (Wildman–Crippen LogP) is -0.521. The number of esters is 2. The summed E-state index contributed by atoms with van der Waals surface area (Å²) in [5.74, 6) is -7.93. The van der Waals surface area contributed by atoms with E-state index in [-0.39, 0.29) is 18.8 Å². The molecule has 0 amide bonds. The fraction of sp³-hybridized carbons (Fsp3) is 0.760. The lowest BCUT2D eigenvalue weighted by atomic mass is 9.37. The van der Waals surface area contributed by atoms with Crippen molar-refractivity contribution < 1.29 is 58.9 Å². The van der Waals surface area contributed by atoms with Gasteiger partial charge in [0.25, 0.3) is 0 Å². The lowest BCUT2D eigenvalue weighted by Gasteiger charge is -2.69. The first kappa shape index (κ1) is 26.1. The maximum absolute atomic E-state index is 13.3. The number of fused-ring (bicyclic) bond motifs is 2. The van der Waals surface area contributed by atoms with Crippen molar-refractivity contribution in [2.45, 2.75) is 76.2 Å². The maximum Gasteiger partial charge on any atom is 0.351 e. The van der Waals surface area contributed by atoms with Crippen LogP contribution in [0.5, 0.6) is 0 Å². The van der Waals surface area contributed by atoms with Gasteiger partial charge in [-0.05, 0) is 29.7 Å². The molecule has 12 nitrogen and oxygen atoms in total. The molecule has 2 saturated heterocycles. The summed E-state index contributed by atoms with van der Waals surface area (Å²) < 4.78 is 16.8. The quantitative estimate of drug-likeness (QED) is 0.296. The van der Waals surface area contributed by atoms with Gasteiger partial charge in [-0.2, -0.15) is 0 Å². The topological polar surface area (TPSA) is 197 Å². The van der Waals surface area contributed by atoms with E-state index in [2.05, 4.69) is 0 Å². The minimum atomic E-state index is -2.94. The van der Waals surface area contributed by atoms with Crippen LogP contribution in [0.4, 0.5) is 0 Å². The number of carboxylic acids is 1. The molecule has 2 bridgehead atoms. The summed E-state index contributed by atoms with van der Waals surface area (Å²) in [5, 5.41) is 56.1. The van der Waals surface area contributed by atoms with Gasteiger partial charge in [0.2, 0.25) is 11.7 Å². The number of carbonyl (C=O) groups excluding carboxylic acids is 3. The zero-order valence-corrected chi connectivity index (χ0v) is 20.9. The number of rotatable bonds is 4. The first-order valence-electron chi connectivity index (χ1n) is 12.4. The molecule has 5 rings (SSSR count). The molecule has 4 fully saturated rings. The molecule has 2 saturated carbocycles. The number of ether oxygens (including phenoxy) is 3. The van der Waals surface area contributed by atoms with Crippen LogP contribution in [0.15, 0.2) is 11.8 Å². The minimum absolute atomic E-state index is 0.0354. The van der Waals surface area contributed by atoms with Crippen molar-refractivity contribution in [3.05, 3.63) is 11.8 Å².